The Hall–Kier alpha value is -1.35. The fourth-order valence-corrected chi connectivity index (χ4v) is 3.35. The Morgan fingerprint density at radius 1 is 1.18 bits per heavy atom. The molecular weight excluding hydrogens is 274 g/mol. The molecule has 0 aromatic heterocycles. The smallest absolute Gasteiger partial charge is 0.222 e. The summed E-state index contributed by atoms with van der Waals surface area (Å²) in [4.78, 5) is 12.2. The first-order valence-electron chi connectivity index (χ1n) is 8.65. The fourth-order valence-electron chi connectivity index (χ4n) is 3.35. The molecule has 1 unspecified atom stereocenters. The van der Waals surface area contributed by atoms with Crippen LogP contribution in [0.4, 0.5) is 0 Å². The van der Waals surface area contributed by atoms with E-state index < -0.39 is 0 Å². The van der Waals surface area contributed by atoms with E-state index in [4.69, 9.17) is 5.11 Å². The summed E-state index contributed by atoms with van der Waals surface area (Å²) in [5, 5.41) is 12.1. The van der Waals surface area contributed by atoms with Crippen molar-refractivity contribution in [2.24, 2.45) is 11.8 Å². The van der Waals surface area contributed by atoms with E-state index in [9.17, 15) is 4.79 Å². The molecule has 1 saturated carbocycles. The standard InChI is InChI=1S/C19H29NO2/c1-15(13-17-5-3-2-4-6-17)19(22)20-12-11-16-7-9-18(14-21)10-8-16/h7-10,15,17,21H,2-6,11-14H2,1H3,(H,20,22). The first-order chi connectivity index (χ1) is 10.7. The van der Waals surface area contributed by atoms with Crippen molar-refractivity contribution in [3.63, 3.8) is 0 Å². The van der Waals surface area contributed by atoms with Crippen molar-refractivity contribution in [1.82, 2.24) is 5.32 Å². The third-order valence-corrected chi connectivity index (χ3v) is 4.78. The van der Waals surface area contributed by atoms with Gasteiger partial charge < -0.3 is 10.4 Å². The van der Waals surface area contributed by atoms with E-state index >= 15 is 0 Å². The summed E-state index contributed by atoms with van der Waals surface area (Å²) in [7, 11) is 0. The molecule has 0 saturated heterocycles. The Bertz CT molecular complexity index is 449. The zero-order chi connectivity index (χ0) is 15.8. The SMILES string of the molecule is CC(CC1CCCCC1)C(=O)NCCc1ccc(CO)cc1. The topological polar surface area (TPSA) is 49.3 Å². The van der Waals surface area contributed by atoms with Gasteiger partial charge in [-0.15, -0.1) is 0 Å². The summed E-state index contributed by atoms with van der Waals surface area (Å²) in [6.07, 6.45) is 8.52. The predicted molar refractivity (Wildman–Crippen MR) is 89.4 cm³/mol. The van der Waals surface area contributed by atoms with Crippen LogP contribution in [-0.4, -0.2) is 17.6 Å². The van der Waals surface area contributed by atoms with Gasteiger partial charge in [-0.1, -0.05) is 63.3 Å². The van der Waals surface area contributed by atoms with Crippen LogP contribution in [-0.2, 0) is 17.8 Å². The largest absolute Gasteiger partial charge is 0.392 e. The van der Waals surface area contributed by atoms with E-state index in [1.807, 2.05) is 24.3 Å². The van der Waals surface area contributed by atoms with Gasteiger partial charge in [-0.2, -0.15) is 0 Å². The van der Waals surface area contributed by atoms with Crippen LogP contribution < -0.4 is 5.32 Å². The summed E-state index contributed by atoms with van der Waals surface area (Å²) >= 11 is 0. The molecule has 1 fully saturated rings. The zero-order valence-corrected chi connectivity index (χ0v) is 13.7. The number of nitrogens with one attached hydrogen (secondary N) is 1. The second-order valence-electron chi connectivity index (χ2n) is 6.66. The van der Waals surface area contributed by atoms with E-state index in [1.54, 1.807) is 0 Å². The Balaban J connectivity index is 1.67. The van der Waals surface area contributed by atoms with E-state index in [1.165, 1.54) is 37.7 Å². The molecule has 1 aromatic carbocycles. The lowest BCUT2D eigenvalue weighted by molar-refractivity contribution is -0.125. The molecule has 1 aromatic rings. The van der Waals surface area contributed by atoms with Gasteiger partial charge >= 0.3 is 0 Å². The van der Waals surface area contributed by atoms with Crippen molar-refractivity contribution < 1.29 is 9.90 Å². The molecule has 0 heterocycles. The summed E-state index contributed by atoms with van der Waals surface area (Å²) in [6.45, 7) is 2.82. The van der Waals surface area contributed by atoms with E-state index in [-0.39, 0.29) is 18.4 Å². The minimum absolute atomic E-state index is 0.0791. The van der Waals surface area contributed by atoms with E-state index in [0.717, 1.165) is 24.3 Å². The highest BCUT2D eigenvalue weighted by molar-refractivity contribution is 5.78. The van der Waals surface area contributed by atoms with Crippen LogP contribution in [0.5, 0.6) is 0 Å². The van der Waals surface area contributed by atoms with Crippen molar-refractivity contribution in [1.29, 1.82) is 0 Å². The minimum Gasteiger partial charge on any atom is -0.392 e. The minimum atomic E-state index is 0.0791. The lowest BCUT2D eigenvalue weighted by Gasteiger charge is -2.24. The summed E-state index contributed by atoms with van der Waals surface area (Å²) < 4.78 is 0. The van der Waals surface area contributed by atoms with Gasteiger partial charge in [-0.25, -0.2) is 0 Å². The number of aliphatic hydroxyl groups is 1. The highest BCUT2D eigenvalue weighted by Gasteiger charge is 2.20. The van der Waals surface area contributed by atoms with E-state index in [0.29, 0.717) is 6.54 Å². The molecule has 1 atom stereocenters. The van der Waals surface area contributed by atoms with Crippen LogP contribution in [0.2, 0.25) is 0 Å². The number of amides is 1. The maximum Gasteiger partial charge on any atom is 0.222 e. The molecule has 1 aliphatic rings. The zero-order valence-electron chi connectivity index (χ0n) is 13.7. The van der Waals surface area contributed by atoms with Crippen molar-refractivity contribution in [2.45, 2.75) is 58.5 Å². The number of hydrogen-bond donors (Lipinski definition) is 2. The van der Waals surface area contributed by atoms with Crippen LogP contribution in [0.3, 0.4) is 0 Å². The Kier molecular flexibility index (Phi) is 6.91. The summed E-state index contributed by atoms with van der Waals surface area (Å²) in [5.41, 5.74) is 2.12. The van der Waals surface area contributed by atoms with Crippen molar-refractivity contribution in [3.8, 4) is 0 Å². The van der Waals surface area contributed by atoms with Crippen molar-refractivity contribution >= 4 is 5.91 Å². The molecule has 1 amide bonds. The van der Waals surface area contributed by atoms with Crippen molar-refractivity contribution in [3.05, 3.63) is 35.4 Å². The molecule has 2 N–H and O–H groups in total. The molecule has 0 spiro atoms. The number of benzene rings is 1. The van der Waals surface area contributed by atoms with Gasteiger partial charge in [-0.05, 0) is 29.9 Å². The van der Waals surface area contributed by atoms with Crippen LogP contribution in [0.1, 0.15) is 56.6 Å². The average molecular weight is 303 g/mol. The Morgan fingerprint density at radius 2 is 1.82 bits per heavy atom. The first-order valence-corrected chi connectivity index (χ1v) is 8.65. The highest BCUT2D eigenvalue weighted by atomic mass is 16.3. The van der Waals surface area contributed by atoms with Gasteiger partial charge in [0.1, 0.15) is 0 Å². The predicted octanol–water partition coefficient (Wildman–Crippen LogP) is 3.44. The van der Waals surface area contributed by atoms with Gasteiger partial charge in [-0.3, -0.25) is 4.79 Å². The number of carbonyl (C=O) groups excluding carboxylic acids is 1. The normalized spacial score (nSPS) is 17.2. The summed E-state index contributed by atoms with van der Waals surface area (Å²) in [6, 6.07) is 7.90. The molecule has 3 nitrogen and oxygen atoms in total. The molecule has 0 radical (unpaired) electrons. The van der Waals surface area contributed by atoms with Gasteiger partial charge in [0.2, 0.25) is 5.91 Å². The van der Waals surface area contributed by atoms with Crippen LogP contribution >= 0.6 is 0 Å². The third kappa shape index (κ3) is 5.45. The van der Waals surface area contributed by atoms with Gasteiger partial charge in [0.05, 0.1) is 6.61 Å². The monoisotopic (exact) mass is 303 g/mol. The fraction of sp³-hybridized carbons (Fsp3) is 0.632. The van der Waals surface area contributed by atoms with Gasteiger partial charge in [0.15, 0.2) is 0 Å². The molecule has 0 aliphatic heterocycles. The molecule has 2 rings (SSSR count). The molecule has 3 heteroatoms. The quantitative estimate of drug-likeness (QED) is 0.810. The average Bonchev–Trinajstić information content (AvgIpc) is 2.56. The second-order valence-corrected chi connectivity index (χ2v) is 6.66. The molecule has 1 aliphatic carbocycles. The molecule has 22 heavy (non-hydrogen) atoms. The highest BCUT2D eigenvalue weighted by Crippen LogP contribution is 2.28. The van der Waals surface area contributed by atoms with Crippen LogP contribution in [0, 0.1) is 11.8 Å². The Morgan fingerprint density at radius 3 is 2.45 bits per heavy atom. The number of aliphatic hydroxyl groups excluding tert-OH is 1. The number of rotatable bonds is 7. The molecular formula is C19H29NO2. The van der Waals surface area contributed by atoms with Gasteiger partial charge in [0, 0.05) is 12.5 Å². The van der Waals surface area contributed by atoms with Crippen molar-refractivity contribution in [2.75, 3.05) is 6.54 Å². The van der Waals surface area contributed by atoms with Crippen LogP contribution in [0.15, 0.2) is 24.3 Å². The number of hydrogen-bond acceptors (Lipinski definition) is 2. The van der Waals surface area contributed by atoms with Crippen LogP contribution in [0.25, 0.3) is 0 Å². The maximum absolute atomic E-state index is 12.2. The number of carbonyl (C=O) groups is 1. The first kappa shape index (κ1) is 17.0. The summed E-state index contributed by atoms with van der Waals surface area (Å²) in [5.74, 6) is 1.07. The molecule has 0 bridgehead atoms. The second kappa shape index (κ2) is 8.94. The van der Waals surface area contributed by atoms with E-state index in [2.05, 4.69) is 12.2 Å². The molecule has 122 valence electrons. The lowest BCUT2D eigenvalue weighted by Crippen LogP contribution is -2.32. The third-order valence-electron chi connectivity index (χ3n) is 4.78. The Labute approximate surface area is 134 Å². The lowest BCUT2D eigenvalue weighted by atomic mass is 9.83. The maximum atomic E-state index is 12.2. The van der Waals surface area contributed by atoms with Gasteiger partial charge in [0.25, 0.3) is 0 Å².